The molecule has 0 unspecified atom stereocenters. The molecule has 0 fully saturated rings. The van der Waals surface area contributed by atoms with Gasteiger partial charge in [0.2, 0.25) is 0 Å². The summed E-state index contributed by atoms with van der Waals surface area (Å²) in [6.45, 7) is 3.97. The third-order valence-electron chi connectivity index (χ3n) is 1.54. The van der Waals surface area contributed by atoms with Crippen LogP contribution in [0.15, 0.2) is 12.3 Å². The first-order valence-corrected chi connectivity index (χ1v) is 4.06. The van der Waals surface area contributed by atoms with Crippen molar-refractivity contribution in [1.82, 2.24) is 4.98 Å². The molecular weight excluding hydrogens is 164 g/mol. The molecule has 3 N–H and O–H groups in total. The van der Waals surface area contributed by atoms with Crippen LogP contribution >= 0.6 is 0 Å². The van der Waals surface area contributed by atoms with E-state index in [2.05, 4.69) is 10.3 Å². The first-order chi connectivity index (χ1) is 6.15. The van der Waals surface area contributed by atoms with Crippen molar-refractivity contribution in [3.63, 3.8) is 0 Å². The van der Waals surface area contributed by atoms with Crippen LogP contribution in [0.5, 0.6) is 0 Å². The Morgan fingerprint density at radius 2 is 2.31 bits per heavy atom. The van der Waals surface area contributed by atoms with Gasteiger partial charge >= 0.3 is 0 Å². The van der Waals surface area contributed by atoms with Gasteiger partial charge < -0.3 is 11.1 Å². The quantitative estimate of drug-likeness (QED) is 0.713. The molecule has 0 amide bonds. The normalized spacial score (nSPS) is 9.69. The number of hydrogen-bond donors (Lipinski definition) is 2. The second kappa shape index (κ2) is 3.76. The van der Waals surface area contributed by atoms with Crippen molar-refractivity contribution in [2.75, 3.05) is 11.1 Å². The zero-order chi connectivity index (χ0) is 9.84. The van der Waals surface area contributed by atoms with E-state index in [0.717, 1.165) is 0 Å². The topological polar surface area (TPSA) is 74.7 Å². The average Bonchev–Trinajstić information content (AvgIpc) is 2.08. The molecule has 4 heteroatoms. The molecule has 0 spiro atoms. The average molecular weight is 176 g/mol. The Bertz CT molecular complexity index is 338. The Morgan fingerprint density at radius 1 is 1.62 bits per heavy atom. The molecule has 0 aromatic carbocycles. The summed E-state index contributed by atoms with van der Waals surface area (Å²) in [7, 11) is 0. The third kappa shape index (κ3) is 2.09. The highest BCUT2D eigenvalue weighted by Crippen LogP contribution is 2.19. The minimum atomic E-state index is 0.253. The summed E-state index contributed by atoms with van der Waals surface area (Å²) >= 11 is 0. The third-order valence-corrected chi connectivity index (χ3v) is 1.54. The monoisotopic (exact) mass is 176 g/mol. The number of rotatable bonds is 2. The Morgan fingerprint density at radius 3 is 2.85 bits per heavy atom. The highest BCUT2D eigenvalue weighted by molar-refractivity contribution is 5.68. The van der Waals surface area contributed by atoms with Crippen molar-refractivity contribution in [2.45, 2.75) is 19.9 Å². The number of pyridine rings is 1. The molecule has 1 aromatic rings. The molecule has 68 valence electrons. The first-order valence-electron chi connectivity index (χ1n) is 4.06. The fourth-order valence-electron chi connectivity index (χ4n) is 0.959. The Hall–Kier alpha value is -1.76. The maximum Gasteiger partial charge on any atom is 0.150 e. The summed E-state index contributed by atoms with van der Waals surface area (Å²) in [5, 5.41) is 11.8. The van der Waals surface area contributed by atoms with Crippen molar-refractivity contribution in [3.05, 3.63) is 17.8 Å². The maximum absolute atomic E-state index is 8.69. The first kappa shape index (κ1) is 9.33. The van der Waals surface area contributed by atoms with Gasteiger partial charge in [-0.2, -0.15) is 5.26 Å². The predicted octanol–water partition coefficient (Wildman–Crippen LogP) is 1.36. The van der Waals surface area contributed by atoms with E-state index in [1.807, 2.05) is 19.9 Å². The highest BCUT2D eigenvalue weighted by Gasteiger charge is 2.05. The van der Waals surface area contributed by atoms with E-state index in [1.165, 1.54) is 0 Å². The lowest BCUT2D eigenvalue weighted by molar-refractivity contribution is 0.890. The fourth-order valence-corrected chi connectivity index (χ4v) is 0.959. The lowest BCUT2D eigenvalue weighted by Gasteiger charge is -2.11. The van der Waals surface area contributed by atoms with Crippen LogP contribution in [0.4, 0.5) is 11.5 Å². The zero-order valence-corrected chi connectivity index (χ0v) is 7.70. The molecule has 1 aromatic heterocycles. The van der Waals surface area contributed by atoms with Crippen LogP contribution in [-0.4, -0.2) is 11.0 Å². The van der Waals surface area contributed by atoms with Gasteiger partial charge in [-0.15, -0.1) is 0 Å². The van der Waals surface area contributed by atoms with Gasteiger partial charge in [0, 0.05) is 12.2 Å². The van der Waals surface area contributed by atoms with Gasteiger partial charge in [-0.05, 0) is 19.9 Å². The highest BCUT2D eigenvalue weighted by atomic mass is 15.0. The molecule has 0 saturated carbocycles. The molecule has 0 atom stereocenters. The molecule has 0 aliphatic carbocycles. The van der Waals surface area contributed by atoms with Crippen LogP contribution in [0, 0.1) is 11.3 Å². The predicted molar refractivity (Wildman–Crippen MR) is 52.1 cm³/mol. The van der Waals surface area contributed by atoms with Crippen LogP contribution in [0.2, 0.25) is 0 Å². The molecule has 1 heterocycles. The molecule has 0 aliphatic heterocycles. The van der Waals surface area contributed by atoms with Crippen LogP contribution in [0.25, 0.3) is 0 Å². The van der Waals surface area contributed by atoms with Crippen molar-refractivity contribution >= 4 is 11.5 Å². The number of nitrogen functional groups attached to an aromatic ring is 1. The summed E-state index contributed by atoms with van der Waals surface area (Å²) < 4.78 is 0. The molecular formula is C9H12N4. The number of nitrogens with one attached hydrogen (secondary N) is 1. The van der Waals surface area contributed by atoms with Gasteiger partial charge in [0.05, 0.1) is 11.3 Å². The number of nitrogens with two attached hydrogens (primary N) is 1. The maximum atomic E-state index is 8.69. The van der Waals surface area contributed by atoms with E-state index < -0.39 is 0 Å². The van der Waals surface area contributed by atoms with Gasteiger partial charge in [0.15, 0.2) is 5.82 Å². The van der Waals surface area contributed by atoms with E-state index >= 15 is 0 Å². The number of nitriles is 1. The minimum Gasteiger partial charge on any atom is -0.395 e. The molecule has 0 bridgehead atoms. The van der Waals surface area contributed by atoms with Gasteiger partial charge in [-0.25, -0.2) is 4.98 Å². The number of anilines is 2. The van der Waals surface area contributed by atoms with Crippen LogP contribution in [0.3, 0.4) is 0 Å². The summed E-state index contributed by atoms with van der Waals surface area (Å²) in [6, 6.07) is 3.86. The second-order valence-corrected chi connectivity index (χ2v) is 3.03. The molecule has 0 aliphatic rings. The summed E-state index contributed by atoms with van der Waals surface area (Å²) in [4.78, 5) is 4.04. The molecule has 4 nitrogen and oxygen atoms in total. The van der Waals surface area contributed by atoms with Crippen molar-refractivity contribution < 1.29 is 0 Å². The van der Waals surface area contributed by atoms with Crippen LogP contribution in [0.1, 0.15) is 19.4 Å². The van der Waals surface area contributed by atoms with Crippen molar-refractivity contribution in [3.8, 4) is 6.07 Å². The Labute approximate surface area is 77.4 Å². The summed E-state index contributed by atoms with van der Waals surface area (Å²) in [5.74, 6) is 0.578. The zero-order valence-electron chi connectivity index (χ0n) is 7.70. The Balaban J connectivity index is 3.03. The summed E-state index contributed by atoms with van der Waals surface area (Å²) in [5.41, 5.74) is 6.57. The van der Waals surface area contributed by atoms with Crippen molar-refractivity contribution in [1.29, 1.82) is 5.26 Å². The van der Waals surface area contributed by atoms with E-state index in [4.69, 9.17) is 11.0 Å². The van der Waals surface area contributed by atoms with Crippen LogP contribution < -0.4 is 11.1 Å². The number of aromatic nitrogens is 1. The molecule has 0 radical (unpaired) electrons. The smallest absolute Gasteiger partial charge is 0.150 e. The Kier molecular flexibility index (Phi) is 2.70. The van der Waals surface area contributed by atoms with Crippen LogP contribution in [-0.2, 0) is 0 Å². The standard InChI is InChI=1S/C9H12N4/c1-6(2)13-9-8(11)7(5-10)3-4-12-9/h3-4,6H,11H2,1-2H3,(H,12,13). The lowest BCUT2D eigenvalue weighted by Crippen LogP contribution is -2.13. The van der Waals surface area contributed by atoms with Gasteiger partial charge in [0.25, 0.3) is 0 Å². The largest absolute Gasteiger partial charge is 0.395 e. The van der Waals surface area contributed by atoms with Gasteiger partial charge in [-0.3, -0.25) is 0 Å². The SMILES string of the molecule is CC(C)Nc1nccc(C#N)c1N. The molecule has 1 rings (SSSR count). The van der Waals surface area contributed by atoms with E-state index in [-0.39, 0.29) is 6.04 Å². The lowest BCUT2D eigenvalue weighted by atomic mass is 10.2. The van der Waals surface area contributed by atoms with Gasteiger partial charge in [0.1, 0.15) is 6.07 Å². The minimum absolute atomic E-state index is 0.253. The second-order valence-electron chi connectivity index (χ2n) is 3.03. The van der Waals surface area contributed by atoms with Crippen molar-refractivity contribution in [2.24, 2.45) is 0 Å². The molecule has 0 saturated heterocycles. The van der Waals surface area contributed by atoms with E-state index in [1.54, 1.807) is 12.3 Å². The number of nitrogens with zero attached hydrogens (tertiary/aromatic N) is 2. The number of hydrogen-bond acceptors (Lipinski definition) is 4. The van der Waals surface area contributed by atoms with Gasteiger partial charge in [-0.1, -0.05) is 0 Å². The summed E-state index contributed by atoms with van der Waals surface area (Å²) in [6.07, 6.45) is 1.57. The molecule has 13 heavy (non-hydrogen) atoms. The fraction of sp³-hybridized carbons (Fsp3) is 0.333. The van der Waals surface area contributed by atoms with E-state index in [0.29, 0.717) is 17.1 Å². The van der Waals surface area contributed by atoms with E-state index in [9.17, 15) is 0 Å².